The van der Waals surface area contributed by atoms with Gasteiger partial charge in [0.2, 0.25) is 0 Å². The van der Waals surface area contributed by atoms with Gasteiger partial charge in [0.05, 0.1) is 28.2 Å². The Morgan fingerprint density at radius 1 is 1.00 bits per heavy atom. The van der Waals surface area contributed by atoms with Gasteiger partial charge in [-0.3, -0.25) is 0 Å². The number of quaternary nitrogens is 2. The van der Waals surface area contributed by atoms with E-state index < -0.39 is 18.6 Å². The van der Waals surface area contributed by atoms with Crippen molar-refractivity contribution >= 4 is 0 Å². The first-order chi connectivity index (χ1) is 4.56. The average molecular weight is 188 g/mol. The molecule has 0 amide bonds. The molecule has 0 aliphatic carbocycles. The molecule has 0 radical (unpaired) electrons. The van der Waals surface area contributed by atoms with Crippen LogP contribution in [0.25, 0.3) is 0 Å². The van der Waals surface area contributed by atoms with E-state index in [-0.39, 0.29) is 0 Å². The SMILES string of the molecule is C[NH2+]C.C[NH2+]C.[O]=[Ti]([O-])[O-]. The number of hydrogen-bond acceptors (Lipinski definition) is 3. The van der Waals surface area contributed by atoms with Crippen LogP contribution in [0.1, 0.15) is 0 Å². The van der Waals surface area contributed by atoms with Crippen LogP contribution in [-0.4, -0.2) is 28.2 Å². The second-order valence-electron chi connectivity index (χ2n) is 1.40. The van der Waals surface area contributed by atoms with Gasteiger partial charge in [-0.2, -0.15) is 0 Å². The van der Waals surface area contributed by atoms with Crippen LogP contribution in [0.15, 0.2) is 0 Å². The molecule has 0 saturated carbocycles. The maximum atomic E-state index is 8.58. The summed E-state index contributed by atoms with van der Waals surface area (Å²) in [7, 11) is 8.00. The molecule has 0 aromatic heterocycles. The first-order valence-electron chi connectivity index (χ1n) is 2.92. The zero-order valence-corrected chi connectivity index (χ0v) is 8.44. The van der Waals surface area contributed by atoms with Crippen LogP contribution in [0.4, 0.5) is 0 Å². The molecule has 10 heavy (non-hydrogen) atoms. The van der Waals surface area contributed by atoms with E-state index in [2.05, 4.69) is 0 Å². The molecule has 0 aromatic rings. The summed E-state index contributed by atoms with van der Waals surface area (Å²) < 4.78 is 25.8. The van der Waals surface area contributed by atoms with E-state index in [1.807, 2.05) is 38.8 Å². The summed E-state index contributed by atoms with van der Waals surface area (Å²) >= 11 is -4.08. The van der Waals surface area contributed by atoms with E-state index >= 15 is 0 Å². The fraction of sp³-hybridized carbons (Fsp3) is 1.00. The van der Waals surface area contributed by atoms with Gasteiger partial charge in [-0.25, -0.2) is 0 Å². The monoisotopic (exact) mass is 188 g/mol. The molecule has 0 saturated heterocycles. The molecule has 64 valence electrons. The topological polar surface area (TPSA) is 96.4 Å². The van der Waals surface area contributed by atoms with Crippen molar-refractivity contribution in [1.82, 2.24) is 0 Å². The average Bonchev–Trinajstić information content (AvgIpc) is 1.65. The Morgan fingerprint density at radius 2 is 1.00 bits per heavy atom. The number of nitrogens with two attached hydrogens (primary N) is 2. The second kappa shape index (κ2) is 22.8. The van der Waals surface area contributed by atoms with Gasteiger partial charge in [-0.05, 0) is 0 Å². The minimum absolute atomic E-state index is 2.00. The first kappa shape index (κ1) is 16.8. The van der Waals surface area contributed by atoms with Gasteiger partial charge in [0.1, 0.15) is 0 Å². The summed E-state index contributed by atoms with van der Waals surface area (Å²) in [5.41, 5.74) is 0. The molecule has 0 unspecified atom stereocenters. The van der Waals surface area contributed by atoms with Crippen molar-refractivity contribution in [2.24, 2.45) is 0 Å². The van der Waals surface area contributed by atoms with Gasteiger partial charge < -0.3 is 10.6 Å². The van der Waals surface area contributed by atoms with Gasteiger partial charge in [0, 0.05) is 0 Å². The van der Waals surface area contributed by atoms with Crippen molar-refractivity contribution in [3.05, 3.63) is 0 Å². The molecule has 0 aliphatic rings. The summed E-state index contributed by atoms with van der Waals surface area (Å²) in [6, 6.07) is 0. The van der Waals surface area contributed by atoms with Crippen LogP contribution in [0.5, 0.6) is 0 Å². The summed E-state index contributed by atoms with van der Waals surface area (Å²) in [5.74, 6) is 0. The van der Waals surface area contributed by atoms with E-state index in [9.17, 15) is 0 Å². The Bertz CT molecular complexity index is 56.5. The van der Waals surface area contributed by atoms with Crippen molar-refractivity contribution in [1.29, 1.82) is 0 Å². The predicted octanol–water partition coefficient (Wildman–Crippen LogP) is -4.88. The van der Waals surface area contributed by atoms with E-state index in [1.54, 1.807) is 0 Å². The zero-order chi connectivity index (χ0) is 8.99. The molecule has 0 atom stereocenters. The molecule has 0 fully saturated rings. The Labute approximate surface area is 68.6 Å². The van der Waals surface area contributed by atoms with Crippen molar-refractivity contribution in [2.45, 2.75) is 0 Å². The molecular weight excluding hydrogens is 172 g/mol. The molecule has 0 rings (SSSR count). The van der Waals surface area contributed by atoms with Crippen molar-refractivity contribution in [3.8, 4) is 0 Å². The predicted molar refractivity (Wildman–Crippen MR) is 28.2 cm³/mol. The van der Waals surface area contributed by atoms with Crippen molar-refractivity contribution in [3.63, 3.8) is 0 Å². The Balaban J connectivity index is -0.0000000750. The third kappa shape index (κ3) is 3600. The van der Waals surface area contributed by atoms with E-state index in [0.29, 0.717) is 0 Å². The van der Waals surface area contributed by atoms with Crippen LogP contribution >= 0.6 is 0 Å². The van der Waals surface area contributed by atoms with Gasteiger partial charge in [-0.15, -0.1) is 0 Å². The van der Waals surface area contributed by atoms with Crippen molar-refractivity contribution < 1.29 is 40.0 Å². The van der Waals surface area contributed by atoms with Gasteiger partial charge in [0.25, 0.3) is 0 Å². The van der Waals surface area contributed by atoms with Crippen LogP contribution < -0.4 is 18.0 Å². The number of hydrogen-bond donors (Lipinski definition) is 2. The third-order valence-corrected chi connectivity index (χ3v) is 0. The molecular formula is C4H16N2O3Ti. The van der Waals surface area contributed by atoms with Crippen LogP contribution in [-0.2, 0) is 21.9 Å². The maximum absolute atomic E-state index is 8.58. The molecule has 0 bridgehead atoms. The molecule has 6 heteroatoms. The summed E-state index contributed by atoms with van der Waals surface area (Å²) in [6.45, 7) is 0. The molecule has 4 N–H and O–H groups in total. The molecule has 0 heterocycles. The normalized spacial score (nSPS) is 6.20. The standard InChI is InChI=1S/2C2H7N.3O.Ti/c2*1-3-2;;;;/h2*3H,1-2H3;;;;/q;;;2*-1;/p+2. The molecule has 5 nitrogen and oxygen atoms in total. The first-order valence-corrected chi connectivity index (χ1v) is 4.83. The van der Waals surface area contributed by atoms with Crippen LogP contribution in [0.2, 0.25) is 0 Å². The van der Waals surface area contributed by atoms with E-state index in [4.69, 9.17) is 10.7 Å². The summed E-state index contributed by atoms with van der Waals surface area (Å²) in [4.78, 5) is 0. The molecule has 0 aliphatic heterocycles. The Hall–Kier alpha value is 0.354. The fourth-order valence-corrected chi connectivity index (χ4v) is 0. The van der Waals surface area contributed by atoms with Crippen LogP contribution in [0.3, 0.4) is 0 Å². The molecule has 0 aromatic carbocycles. The van der Waals surface area contributed by atoms with Crippen molar-refractivity contribution in [2.75, 3.05) is 28.2 Å². The third-order valence-electron chi connectivity index (χ3n) is 0. The Kier molecular flexibility index (Phi) is 38.1. The minimum atomic E-state index is -4.08. The van der Waals surface area contributed by atoms with Gasteiger partial charge in [-0.1, -0.05) is 0 Å². The van der Waals surface area contributed by atoms with Crippen LogP contribution in [0, 0.1) is 0 Å². The van der Waals surface area contributed by atoms with Gasteiger partial charge >= 0.3 is 29.3 Å². The number of rotatable bonds is 0. The van der Waals surface area contributed by atoms with E-state index in [0.717, 1.165) is 0 Å². The zero-order valence-electron chi connectivity index (χ0n) is 6.88. The summed E-state index contributed by atoms with van der Waals surface area (Å²) in [6.07, 6.45) is 0. The summed E-state index contributed by atoms with van der Waals surface area (Å²) in [5, 5.41) is 4.00. The van der Waals surface area contributed by atoms with Gasteiger partial charge in [0.15, 0.2) is 0 Å². The molecule has 0 spiro atoms. The second-order valence-corrected chi connectivity index (χ2v) is 2.19. The quantitative estimate of drug-likeness (QED) is 0.373. The Morgan fingerprint density at radius 3 is 1.00 bits per heavy atom. The van der Waals surface area contributed by atoms with E-state index in [1.165, 1.54) is 0 Å². The fourth-order valence-electron chi connectivity index (χ4n) is 0.